The topological polar surface area (TPSA) is 52.7 Å². The molecule has 4 nitrogen and oxygen atoms in total. The van der Waals surface area contributed by atoms with Crippen molar-refractivity contribution < 1.29 is 0 Å². The summed E-state index contributed by atoms with van der Waals surface area (Å²) in [6.45, 7) is 3.77. The third-order valence-corrected chi connectivity index (χ3v) is 2.06. The number of aromatic nitrogens is 2. The lowest BCUT2D eigenvalue weighted by Gasteiger charge is -2.07. The molecule has 0 unspecified atom stereocenters. The van der Waals surface area contributed by atoms with E-state index in [0.29, 0.717) is 0 Å². The van der Waals surface area contributed by atoms with Gasteiger partial charge in [0, 0.05) is 31.9 Å². The summed E-state index contributed by atoms with van der Waals surface area (Å²) in [7, 11) is 0. The van der Waals surface area contributed by atoms with Crippen LogP contribution in [0, 0.1) is 0 Å². The fourth-order valence-corrected chi connectivity index (χ4v) is 1.36. The summed E-state index contributed by atoms with van der Waals surface area (Å²) >= 11 is 5.02. The lowest BCUT2D eigenvalue weighted by molar-refractivity contribution is 0.738. The SMILES string of the molecule is CCNC(=S)NCCCc1ncc[nH]1. The predicted octanol–water partition coefficient (Wildman–Crippen LogP) is 0.826. The van der Waals surface area contributed by atoms with E-state index >= 15 is 0 Å². The smallest absolute Gasteiger partial charge is 0.166 e. The van der Waals surface area contributed by atoms with Gasteiger partial charge in [-0.25, -0.2) is 4.98 Å². The first-order chi connectivity index (χ1) is 6.83. The number of nitrogens with one attached hydrogen (secondary N) is 3. The molecule has 0 fully saturated rings. The molecule has 0 amide bonds. The van der Waals surface area contributed by atoms with E-state index in [1.54, 1.807) is 6.20 Å². The van der Waals surface area contributed by atoms with Gasteiger partial charge in [-0.2, -0.15) is 0 Å². The Balaban J connectivity index is 2.02. The highest BCUT2D eigenvalue weighted by Crippen LogP contribution is 1.92. The monoisotopic (exact) mass is 212 g/mol. The van der Waals surface area contributed by atoms with Gasteiger partial charge in [0.15, 0.2) is 5.11 Å². The molecule has 0 aliphatic carbocycles. The molecule has 3 N–H and O–H groups in total. The number of hydrogen-bond acceptors (Lipinski definition) is 2. The summed E-state index contributed by atoms with van der Waals surface area (Å²) < 4.78 is 0. The van der Waals surface area contributed by atoms with E-state index in [-0.39, 0.29) is 0 Å². The van der Waals surface area contributed by atoms with Crippen LogP contribution in [0.1, 0.15) is 19.2 Å². The number of aryl methyl sites for hydroxylation is 1. The molecule has 1 aromatic heterocycles. The fraction of sp³-hybridized carbons (Fsp3) is 0.556. The molecule has 0 atom stereocenters. The van der Waals surface area contributed by atoms with Crippen molar-refractivity contribution in [3.05, 3.63) is 18.2 Å². The maximum absolute atomic E-state index is 5.02. The predicted molar refractivity (Wildman–Crippen MR) is 61.2 cm³/mol. The van der Waals surface area contributed by atoms with Gasteiger partial charge < -0.3 is 15.6 Å². The Labute approximate surface area is 89.5 Å². The summed E-state index contributed by atoms with van der Waals surface area (Å²) in [6.07, 6.45) is 5.59. The molecule has 0 saturated heterocycles. The Morgan fingerprint density at radius 1 is 1.57 bits per heavy atom. The van der Waals surface area contributed by atoms with Crippen molar-refractivity contribution in [3.8, 4) is 0 Å². The minimum absolute atomic E-state index is 0.729. The van der Waals surface area contributed by atoms with Gasteiger partial charge in [-0.15, -0.1) is 0 Å². The van der Waals surface area contributed by atoms with E-state index < -0.39 is 0 Å². The minimum Gasteiger partial charge on any atom is -0.363 e. The van der Waals surface area contributed by atoms with Crippen molar-refractivity contribution >= 4 is 17.3 Å². The lowest BCUT2D eigenvalue weighted by atomic mass is 10.3. The zero-order valence-corrected chi connectivity index (χ0v) is 9.16. The van der Waals surface area contributed by atoms with Crippen molar-refractivity contribution in [2.75, 3.05) is 13.1 Å². The molecule has 0 radical (unpaired) electrons. The van der Waals surface area contributed by atoms with Crippen molar-refractivity contribution in [1.29, 1.82) is 0 Å². The van der Waals surface area contributed by atoms with Gasteiger partial charge in [-0.05, 0) is 25.6 Å². The Kier molecular flexibility index (Phi) is 4.99. The van der Waals surface area contributed by atoms with E-state index in [4.69, 9.17) is 12.2 Å². The molecule has 78 valence electrons. The van der Waals surface area contributed by atoms with Crippen LogP contribution in [0.25, 0.3) is 0 Å². The van der Waals surface area contributed by atoms with Crippen molar-refractivity contribution in [2.24, 2.45) is 0 Å². The van der Waals surface area contributed by atoms with Crippen LogP contribution < -0.4 is 10.6 Å². The zero-order valence-electron chi connectivity index (χ0n) is 8.34. The summed E-state index contributed by atoms with van der Waals surface area (Å²) in [5, 5.41) is 6.89. The van der Waals surface area contributed by atoms with E-state index in [1.165, 1.54) is 0 Å². The Morgan fingerprint density at radius 3 is 3.07 bits per heavy atom. The lowest BCUT2D eigenvalue weighted by Crippen LogP contribution is -2.35. The van der Waals surface area contributed by atoms with Gasteiger partial charge >= 0.3 is 0 Å². The third kappa shape index (κ3) is 4.23. The van der Waals surface area contributed by atoms with Crippen LogP contribution in [-0.2, 0) is 6.42 Å². The molecular formula is C9H16N4S. The zero-order chi connectivity index (χ0) is 10.2. The van der Waals surface area contributed by atoms with Crippen LogP contribution in [0.2, 0.25) is 0 Å². The van der Waals surface area contributed by atoms with Crippen LogP contribution in [0.4, 0.5) is 0 Å². The van der Waals surface area contributed by atoms with E-state index in [1.807, 2.05) is 13.1 Å². The van der Waals surface area contributed by atoms with E-state index in [9.17, 15) is 0 Å². The fourth-order valence-electron chi connectivity index (χ4n) is 1.12. The first-order valence-corrected chi connectivity index (χ1v) is 5.23. The second-order valence-electron chi connectivity index (χ2n) is 2.93. The highest BCUT2D eigenvalue weighted by atomic mass is 32.1. The molecule has 1 heterocycles. The minimum atomic E-state index is 0.729. The molecular weight excluding hydrogens is 196 g/mol. The summed E-state index contributed by atoms with van der Waals surface area (Å²) in [4.78, 5) is 7.20. The molecule has 14 heavy (non-hydrogen) atoms. The van der Waals surface area contributed by atoms with E-state index in [2.05, 4.69) is 20.6 Å². The number of hydrogen-bond donors (Lipinski definition) is 3. The first-order valence-electron chi connectivity index (χ1n) is 4.83. The van der Waals surface area contributed by atoms with Crippen molar-refractivity contribution in [3.63, 3.8) is 0 Å². The highest BCUT2D eigenvalue weighted by molar-refractivity contribution is 7.80. The molecule has 0 spiro atoms. The van der Waals surface area contributed by atoms with Gasteiger partial charge in [0.25, 0.3) is 0 Å². The molecule has 0 saturated carbocycles. The van der Waals surface area contributed by atoms with Crippen molar-refractivity contribution in [1.82, 2.24) is 20.6 Å². The molecule has 0 aromatic carbocycles. The Morgan fingerprint density at radius 2 is 2.43 bits per heavy atom. The quantitative estimate of drug-likeness (QED) is 0.500. The van der Waals surface area contributed by atoms with Gasteiger partial charge in [0.2, 0.25) is 0 Å². The number of thiocarbonyl (C=S) groups is 1. The normalized spacial score (nSPS) is 9.79. The first kappa shape index (κ1) is 11.0. The molecule has 5 heteroatoms. The molecule has 1 aromatic rings. The number of aromatic amines is 1. The summed E-state index contributed by atoms with van der Waals surface area (Å²) in [5.41, 5.74) is 0. The number of imidazole rings is 1. The molecule has 1 rings (SSSR count). The number of rotatable bonds is 5. The van der Waals surface area contributed by atoms with E-state index in [0.717, 1.165) is 36.9 Å². The van der Waals surface area contributed by atoms with Crippen molar-refractivity contribution in [2.45, 2.75) is 19.8 Å². The summed E-state index contributed by atoms with van der Waals surface area (Å²) in [5.74, 6) is 1.03. The molecule has 0 aliphatic rings. The highest BCUT2D eigenvalue weighted by Gasteiger charge is 1.95. The third-order valence-electron chi connectivity index (χ3n) is 1.77. The Hall–Kier alpha value is -1.10. The van der Waals surface area contributed by atoms with Gasteiger partial charge in [-0.3, -0.25) is 0 Å². The standard InChI is InChI=1S/C9H16N4S/c1-2-10-9(14)13-5-3-4-8-11-6-7-12-8/h6-7H,2-5H2,1H3,(H,11,12)(H2,10,13,14). The Bertz CT molecular complexity index is 258. The molecule has 0 bridgehead atoms. The van der Waals surface area contributed by atoms with Crippen LogP contribution in [0.5, 0.6) is 0 Å². The maximum atomic E-state index is 5.02. The average Bonchev–Trinajstić information content (AvgIpc) is 2.65. The van der Waals surface area contributed by atoms with Crippen LogP contribution in [0.3, 0.4) is 0 Å². The van der Waals surface area contributed by atoms with Crippen LogP contribution in [-0.4, -0.2) is 28.2 Å². The number of nitrogens with zero attached hydrogens (tertiary/aromatic N) is 1. The number of H-pyrrole nitrogens is 1. The average molecular weight is 212 g/mol. The van der Waals surface area contributed by atoms with Crippen LogP contribution >= 0.6 is 12.2 Å². The van der Waals surface area contributed by atoms with Gasteiger partial charge in [0.1, 0.15) is 5.82 Å². The second-order valence-corrected chi connectivity index (χ2v) is 3.33. The van der Waals surface area contributed by atoms with Crippen LogP contribution in [0.15, 0.2) is 12.4 Å². The summed E-state index contributed by atoms with van der Waals surface area (Å²) in [6, 6.07) is 0. The largest absolute Gasteiger partial charge is 0.363 e. The maximum Gasteiger partial charge on any atom is 0.166 e. The molecule has 0 aliphatic heterocycles. The van der Waals surface area contributed by atoms with Gasteiger partial charge in [0.05, 0.1) is 0 Å². The second kappa shape index (κ2) is 6.37. The van der Waals surface area contributed by atoms with Gasteiger partial charge in [-0.1, -0.05) is 0 Å².